The van der Waals surface area contributed by atoms with Gasteiger partial charge in [-0.05, 0) is 24.5 Å². The monoisotopic (exact) mass is 286 g/mol. The zero-order chi connectivity index (χ0) is 14.9. The number of hydrogen-bond acceptors (Lipinski definition) is 2. The Kier molecular flexibility index (Phi) is 4.04. The van der Waals surface area contributed by atoms with Gasteiger partial charge in [-0.2, -0.15) is 13.2 Å². The van der Waals surface area contributed by atoms with Crippen LogP contribution in [0.4, 0.5) is 13.2 Å². The lowest BCUT2D eigenvalue weighted by Crippen LogP contribution is -2.38. The van der Waals surface area contributed by atoms with Crippen LogP contribution in [0.15, 0.2) is 24.3 Å². The van der Waals surface area contributed by atoms with Crippen LogP contribution in [0, 0.1) is 0 Å². The van der Waals surface area contributed by atoms with Crippen LogP contribution in [-0.4, -0.2) is 29.6 Å². The molecule has 1 heterocycles. The van der Waals surface area contributed by atoms with Gasteiger partial charge in [0, 0.05) is 0 Å². The normalized spacial score (nSPS) is 23.4. The second-order valence-corrected chi connectivity index (χ2v) is 4.97. The number of halogens is 3. The molecule has 110 valence electrons. The predicted octanol–water partition coefficient (Wildman–Crippen LogP) is 2.63. The van der Waals surface area contributed by atoms with Crippen LogP contribution in [0.2, 0.25) is 0 Å². The van der Waals surface area contributed by atoms with Crippen LogP contribution in [0.3, 0.4) is 0 Å². The van der Waals surface area contributed by atoms with Crippen LogP contribution in [0.25, 0.3) is 0 Å². The highest BCUT2D eigenvalue weighted by molar-refractivity contribution is 5.84. The van der Waals surface area contributed by atoms with Crippen LogP contribution < -0.4 is 5.32 Å². The predicted molar refractivity (Wildman–Crippen MR) is 68.9 cm³/mol. The first kappa shape index (κ1) is 14.8. The van der Waals surface area contributed by atoms with Gasteiger partial charge in [0.1, 0.15) is 12.7 Å². The molecule has 2 unspecified atom stereocenters. The SMILES string of the molecule is CCc1ccc(C2NC(C)C(=O)N2CC(F)(F)F)cc1. The van der Waals surface area contributed by atoms with E-state index in [0.29, 0.717) is 5.56 Å². The molecule has 6 heteroatoms. The van der Waals surface area contributed by atoms with Gasteiger partial charge in [-0.1, -0.05) is 31.2 Å². The number of carbonyl (C=O) groups excluding carboxylic acids is 1. The van der Waals surface area contributed by atoms with Crippen LogP contribution in [-0.2, 0) is 11.2 Å². The first-order chi connectivity index (χ1) is 9.31. The van der Waals surface area contributed by atoms with Crippen molar-refractivity contribution in [2.45, 2.75) is 38.7 Å². The molecule has 0 spiro atoms. The van der Waals surface area contributed by atoms with E-state index in [9.17, 15) is 18.0 Å². The molecule has 1 aliphatic heterocycles. The van der Waals surface area contributed by atoms with E-state index in [1.54, 1.807) is 19.1 Å². The highest BCUT2D eigenvalue weighted by atomic mass is 19.4. The summed E-state index contributed by atoms with van der Waals surface area (Å²) < 4.78 is 37.8. The van der Waals surface area contributed by atoms with Gasteiger partial charge in [0.05, 0.1) is 6.04 Å². The van der Waals surface area contributed by atoms with Crippen molar-refractivity contribution < 1.29 is 18.0 Å². The van der Waals surface area contributed by atoms with Crippen LogP contribution in [0.1, 0.15) is 31.1 Å². The molecule has 1 fully saturated rings. The van der Waals surface area contributed by atoms with Crippen LogP contribution >= 0.6 is 0 Å². The number of nitrogens with one attached hydrogen (secondary N) is 1. The lowest BCUT2D eigenvalue weighted by Gasteiger charge is -2.25. The second kappa shape index (κ2) is 5.44. The summed E-state index contributed by atoms with van der Waals surface area (Å²) >= 11 is 0. The zero-order valence-corrected chi connectivity index (χ0v) is 11.4. The molecule has 1 amide bonds. The van der Waals surface area contributed by atoms with Crippen molar-refractivity contribution in [3.63, 3.8) is 0 Å². The van der Waals surface area contributed by atoms with E-state index in [-0.39, 0.29) is 0 Å². The maximum atomic E-state index is 12.6. The first-order valence-corrected chi connectivity index (χ1v) is 6.54. The molecule has 1 aliphatic rings. The summed E-state index contributed by atoms with van der Waals surface area (Å²) in [4.78, 5) is 12.7. The third-order valence-corrected chi connectivity index (χ3v) is 3.43. The highest BCUT2D eigenvalue weighted by Gasteiger charge is 2.43. The molecule has 1 aromatic rings. The van der Waals surface area contributed by atoms with Gasteiger partial charge in [-0.3, -0.25) is 10.1 Å². The number of alkyl halides is 3. The molecule has 2 atom stereocenters. The van der Waals surface area contributed by atoms with E-state index < -0.39 is 30.8 Å². The summed E-state index contributed by atoms with van der Waals surface area (Å²) in [6, 6.07) is 6.68. The van der Waals surface area contributed by atoms with E-state index in [1.807, 2.05) is 19.1 Å². The van der Waals surface area contributed by atoms with Gasteiger partial charge in [0.2, 0.25) is 5.91 Å². The standard InChI is InChI=1S/C14H17F3N2O/c1-3-10-4-6-11(7-5-10)12-18-9(2)13(20)19(12)8-14(15,16)17/h4-7,9,12,18H,3,8H2,1-2H3. The summed E-state index contributed by atoms with van der Waals surface area (Å²) in [7, 11) is 0. The second-order valence-electron chi connectivity index (χ2n) is 4.97. The van der Waals surface area contributed by atoms with Crippen molar-refractivity contribution in [1.82, 2.24) is 10.2 Å². The largest absolute Gasteiger partial charge is 0.406 e. The molecule has 0 aromatic heterocycles. The van der Waals surface area contributed by atoms with Crippen molar-refractivity contribution in [3.8, 4) is 0 Å². The van der Waals surface area contributed by atoms with Crippen molar-refractivity contribution in [2.24, 2.45) is 0 Å². The molecule has 0 radical (unpaired) electrons. The lowest BCUT2D eigenvalue weighted by molar-refractivity contribution is -0.161. The number of amides is 1. The highest BCUT2D eigenvalue weighted by Crippen LogP contribution is 2.29. The van der Waals surface area contributed by atoms with E-state index >= 15 is 0 Å². The molecule has 0 bridgehead atoms. The number of carbonyl (C=O) groups is 1. The number of nitrogens with zero attached hydrogens (tertiary/aromatic N) is 1. The van der Waals surface area contributed by atoms with E-state index in [4.69, 9.17) is 0 Å². The molecule has 20 heavy (non-hydrogen) atoms. The Hall–Kier alpha value is -1.56. The van der Waals surface area contributed by atoms with Crippen LogP contribution in [0.5, 0.6) is 0 Å². The molecule has 1 saturated heterocycles. The Morgan fingerprint density at radius 1 is 1.25 bits per heavy atom. The topological polar surface area (TPSA) is 32.3 Å². The fourth-order valence-corrected chi connectivity index (χ4v) is 2.35. The first-order valence-electron chi connectivity index (χ1n) is 6.54. The Bertz CT molecular complexity index is 484. The molecule has 1 N–H and O–H groups in total. The fraction of sp³-hybridized carbons (Fsp3) is 0.500. The quantitative estimate of drug-likeness (QED) is 0.926. The Labute approximate surface area is 115 Å². The van der Waals surface area contributed by atoms with Gasteiger partial charge in [-0.15, -0.1) is 0 Å². The molecule has 0 aliphatic carbocycles. The molecule has 0 saturated carbocycles. The minimum Gasteiger partial charge on any atom is -0.312 e. The maximum absolute atomic E-state index is 12.6. The van der Waals surface area contributed by atoms with Crippen molar-refractivity contribution in [1.29, 1.82) is 0 Å². The maximum Gasteiger partial charge on any atom is 0.406 e. The number of benzene rings is 1. The van der Waals surface area contributed by atoms with E-state index in [0.717, 1.165) is 16.9 Å². The number of rotatable bonds is 3. The molecule has 1 aromatic carbocycles. The van der Waals surface area contributed by atoms with Gasteiger partial charge in [-0.25, -0.2) is 0 Å². The third-order valence-electron chi connectivity index (χ3n) is 3.43. The molecular weight excluding hydrogens is 269 g/mol. The molecule has 2 rings (SSSR count). The van der Waals surface area contributed by atoms with Gasteiger partial charge in [0.15, 0.2) is 0 Å². The third kappa shape index (κ3) is 3.12. The van der Waals surface area contributed by atoms with E-state index in [2.05, 4.69) is 5.32 Å². The summed E-state index contributed by atoms with van der Waals surface area (Å²) in [5.74, 6) is -0.521. The van der Waals surface area contributed by atoms with Gasteiger partial charge in [0.25, 0.3) is 0 Å². The Morgan fingerprint density at radius 3 is 2.35 bits per heavy atom. The molecule has 3 nitrogen and oxygen atoms in total. The summed E-state index contributed by atoms with van der Waals surface area (Å²) in [6.45, 7) is 2.35. The van der Waals surface area contributed by atoms with Gasteiger partial charge >= 0.3 is 6.18 Å². The Morgan fingerprint density at radius 2 is 1.85 bits per heavy atom. The zero-order valence-electron chi connectivity index (χ0n) is 11.4. The molecular formula is C14H17F3N2O. The minimum atomic E-state index is -4.40. The Balaban J connectivity index is 2.25. The smallest absolute Gasteiger partial charge is 0.312 e. The van der Waals surface area contributed by atoms with Crippen molar-refractivity contribution in [3.05, 3.63) is 35.4 Å². The summed E-state index contributed by atoms with van der Waals surface area (Å²) in [6.07, 6.45) is -4.26. The summed E-state index contributed by atoms with van der Waals surface area (Å²) in [5.41, 5.74) is 1.78. The number of hydrogen-bond donors (Lipinski definition) is 1. The number of aryl methyl sites for hydroxylation is 1. The van der Waals surface area contributed by atoms with Gasteiger partial charge < -0.3 is 4.90 Å². The van der Waals surface area contributed by atoms with E-state index in [1.165, 1.54) is 0 Å². The average Bonchev–Trinajstić information content (AvgIpc) is 2.65. The minimum absolute atomic E-state index is 0.521. The fourth-order valence-electron chi connectivity index (χ4n) is 2.35. The summed E-state index contributed by atoms with van der Waals surface area (Å²) in [5, 5.41) is 2.91. The van der Waals surface area contributed by atoms with Crippen molar-refractivity contribution in [2.75, 3.05) is 6.54 Å². The lowest BCUT2D eigenvalue weighted by atomic mass is 10.1. The van der Waals surface area contributed by atoms with Crippen molar-refractivity contribution >= 4 is 5.91 Å². The average molecular weight is 286 g/mol.